The maximum Gasteiger partial charge on any atom is 0.410 e. The van der Waals surface area contributed by atoms with Crippen molar-refractivity contribution in [1.29, 1.82) is 0 Å². The van der Waals surface area contributed by atoms with E-state index in [-0.39, 0.29) is 24.1 Å². The van der Waals surface area contributed by atoms with Crippen molar-refractivity contribution in [3.8, 4) is 0 Å². The number of aromatic nitrogens is 3. The summed E-state index contributed by atoms with van der Waals surface area (Å²) in [5.41, 5.74) is 9.51. The van der Waals surface area contributed by atoms with Crippen LogP contribution in [0.4, 0.5) is 27.8 Å². The molecule has 1 aliphatic heterocycles. The number of benzene rings is 1. The lowest BCUT2D eigenvalue weighted by molar-refractivity contribution is 0.0199. The molecule has 3 heterocycles. The molecule has 0 saturated carbocycles. The van der Waals surface area contributed by atoms with Gasteiger partial charge in [0.25, 0.3) is 5.91 Å². The van der Waals surface area contributed by atoms with E-state index in [0.29, 0.717) is 55.3 Å². The van der Waals surface area contributed by atoms with E-state index < -0.39 is 5.60 Å². The van der Waals surface area contributed by atoms with Crippen LogP contribution >= 0.6 is 0 Å². The summed E-state index contributed by atoms with van der Waals surface area (Å²) in [5, 5.41) is 9.96. The Kier molecular flexibility index (Phi) is 9.64. The van der Waals surface area contributed by atoms with Gasteiger partial charge in [-0.1, -0.05) is 0 Å². The highest BCUT2D eigenvalue weighted by Crippen LogP contribution is 2.30. The molecule has 12 nitrogen and oxygen atoms in total. The number of aromatic amines is 1. The molecule has 1 fully saturated rings. The minimum Gasteiger partial charge on any atom is -0.444 e. The molecular weight excluding hydrogens is 534 g/mol. The summed E-state index contributed by atoms with van der Waals surface area (Å²) in [7, 11) is 0. The summed E-state index contributed by atoms with van der Waals surface area (Å²) in [5.74, 6) is 0.756. The van der Waals surface area contributed by atoms with E-state index in [1.54, 1.807) is 11.1 Å². The highest BCUT2D eigenvalue weighted by Gasteiger charge is 2.28. The van der Waals surface area contributed by atoms with Gasteiger partial charge in [0.15, 0.2) is 17.3 Å². The number of nitrogens with two attached hydrogens (primary N) is 1. The molecule has 2 aromatic heterocycles. The van der Waals surface area contributed by atoms with E-state index in [9.17, 15) is 9.59 Å². The summed E-state index contributed by atoms with van der Waals surface area (Å²) in [4.78, 5) is 41.7. The number of carbonyl (C=O) groups is 2. The Morgan fingerprint density at radius 2 is 1.90 bits per heavy atom. The predicted octanol–water partition coefficient (Wildman–Crippen LogP) is 4.43. The van der Waals surface area contributed by atoms with Crippen LogP contribution in [0.25, 0.3) is 11.2 Å². The average molecular weight is 580 g/mol. The maximum atomic E-state index is 13.4. The molecule has 0 aliphatic carbocycles. The van der Waals surface area contributed by atoms with Crippen LogP contribution in [0, 0.1) is 0 Å². The third-order valence-electron chi connectivity index (χ3n) is 7.27. The first-order chi connectivity index (χ1) is 20.0. The number of likely N-dealkylation sites (tertiary alicyclic amines) is 1. The van der Waals surface area contributed by atoms with Gasteiger partial charge in [0.2, 0.25) is 0 Å². The van der Waals surface area contributed by atoms with Crippen molar-refractivity contribution in [3.63, 3.8) is 0 Å². The number of hydrogen-bond acceptors (Lipinski definition) is 9. The van der Waals surface area contributed by atoms with Gasteiger partial charge in [-0.25, -0.2) is 14.8 Å². The summed E-state index contributed by atoms with van der Waals surface area (Å²) in [6.45, 7) is 15.0. The number of nitrogens with zero attached hydrogens (tertiary/aromatic N) is 4. The van der Waals surface area contributed by atoms with Gasteiger partial charge in [-0.3, -0.25) is 4.79 Å². The zero-order valence-corrected chi connectivity index (χ0v) is 25.6. The minimum atomic E-state index is -0.531. The lowest BCUT2D eigenvalue weighted by Gasteiger charge is -2.34. The second kappa shape index (κ2) is 13.2. The van der Waals surface area contributed by atoms with Gasteiger partial charge in [-0.15, -0.1) is 0 Å². The molecule has 1 aliphatic rings. The van der Waals surface area contributed by atoms with Crippen LogP contribution < -0.4 is 26.6 Å². The van der Waals surface area contributed by atoms with Gasteiger partial charge in [0.1, 0.15) is 11.1 Å². The smallest absolute Gasteiger partial charge is 0.410 e. The van der Waals surface area contributed by atoms with E-state index in [1.165, 1.54) is 0 Å². The second-order valence-corrected chi connectivity index (χ2v) is 11.7. The van der Waals surface area contributed by atoms with Crippen LogP contribution in [0.3, 0.4) is 0 Å². The first-order valence-corrected chi connectivity index (χ1v) is 14.8. The number of H-pyrrole nitrogens is 1. The minimum absolute atomic E-state index is 0.0117. The highest BCUT2D eigenvalue weighted by atomic mass is 16.6. The standard InChI is InChI=1S/C30H45N9O3/c1-7-32-22-10-9-20(28(40)35-21-12-15-38(16-13-21)29(41)42-30(4,5)6)17-24(22)39(8-2)19(3)18-34-27-25(31)37-26-23(36-27)11-14-33-26/h9-11,14,17,19,21,32H,7-8,12-13,15-16,18H2,1-6H3,(H,34,36)(H,35,40)(H3,31,33,37). The number of hydrogen-bond donors (Lipinski definition) is 5. The Labute approximate surface area is 247 Å². The zero-order chi connectivity index (χ0) is 30.4. The number of carbonyl (C=O) groups excluding carboxylic acids is 2. The van der Waals surface area contributed by atoms with Crippen molar-refractivity contribution in [2.24, 2.45) is 0 Å². The molecule has 1 saturated heterocycles. The summed E-state index contributed by atoms with van der Waals surface area (Å²) < 4.78 is 5.49. The van der Waals surface area contributed by atoms with Gasteiger partial charge in [0, 0.05) is 56.6 Å². The van der Waals surface area contributed by atoms with Gasteiger partial charge in [-0.05, 0) is 78.6 Å². The number of rotatable bonds is 10. The fourth-order valence-electron chi connectivity index (χ4n) is 5.14. The number of anilines is 4. The van der Waals surface area contributed by atoms with E-state index >= 15 is 0 Å². The average Bonchev–Trinajstić information content (AvgIpc) is 3.39. The topological polar surface area (TPSA) is 154 Å². The van der Waals surface area contributed by atoms with E-state index in [2.05, 4.69) is 49.6 Å². The Morgan fingerprint density at radius 1 is 1.17 bits per heavy atom. The number of nitrogen functional groups attached to an aromatic ring is 1. The van der Waals surface area contributed by atoms with E-state index in [0.717, 1.165) is 30.0 Å². The van der Waals surface area contributed by atoms with Gasteiger partial charge in [0.05, 0.1) is 11.4 Å². The van der Waals surface area contributed by atoms with Crippen molar-refractivity contribution in [2.45, 2.75) is 72.1 Å². The molecule has 6 N–H and O–H groups in total. The monoisotopic (exact) mass is 579 g/mol. The normalized spacial score (nSPS) is 14.9. The lowest BCUT2D eigenvalue weighted by atomic mass is 10.0. The highest BCUT2D eigenvalue weighted by molar-refractivity contribution is 5.96. The summed E-state index contributed by atoms with van der Waals surface area (Å²) >= 11 is 0. The molecule has 1 unspecified atom stereocenters. The zero-order valence-electron chi connectivity index (χ0n) is 25.6. The van der Waals surface area contributed by atoms with Crippen molar-refractivity contribution in [3.05, 3.63) is 36.0 Å². The lowest BCUT2D eigenvalue weighted by Crippen LogP contribution is -2.47. The predicted molar refractivity (Wildman–Crippen MR) is 168 cm³/mol. The van der Waals surface area contributed by atoms with Crippen LogP contribution in [-0.4, -0.2) is 82.3 Å². The van der Waals surface area contributed by atoms with E-state index in [1.807, 2.05) is 52.0 Å². The summed E-state index contributed by atoms with van der Waals surface area (Å²) in [6, 6.07) is 7.66. The fourth-order valence-corrected chi connectivity index (χ4v) is 5.14. The van der Waals surface area contributed by atoms with Crippen LogP contribution in [0.15, 0.2) is 30.5 Å². The Bertz CT molecular complexity index is 1380. The molecule has 4 rings (SSSR count). The fraction of sp³-hybridized carbons (Fsp3) is 0.533. The van der Waals surface area contributed by atoms with Crippen LogP contribution in [0.2, 0.25) is 0 Å². The number of nitrogens with one attached hydrogen (secondary N) is 4. The SMILES string of the molecule is CCNc1ccc(C(=O)NC2CCN(C(=O)OC(C)(C)C)CC2)cc1N(CC)C(C)CNc1nc2cc[nH]c2nc1N. The first-order valence-electron chi connectivity index (χ1n) is 14.8. The van der Waals surface area contributed by atoms with Crippen LogP contribution in [-0.2, 0) is 4.74 Å². The summed E-state index contributed by atoms with van der Waals surface area (Å²) in [6.07, 6.45) is 2.84. The molecule has 228 valence electrons. The largest absolute Gasteiger partial charge is 0.444 e. The second-order valence-electron chi connectivity index (χ2n) is 11.7. The third-order valence-corrected chi connectivity index (χ3v) is 7.27. The number of amides is 2. The molecule has 42 heavy (non-hydrogen) atoms. The first kappa shape index (κ1) is 30.7. The van der Waals surface area contributed by atoms with Crippen molar-refractivity contribution < 1.29 is 14.3 Å². The quantitative estimate of drug-likeness (QED) is 0.235. The van der Waals surface area contributed by atoms with Gasteiger partial charge < -0.3 is 41.2 Å². The molecule has 12 heteroatoms. The van der Waals surface area contributed by atoms with Crippen LogP contribution in [0.1, 0.15) is 64.7 Å². The Hall–Kier alpha value is -4.22. The Balaban J connectivity index is 1.42. The number of fused-ring (bicyclic) bond motifs is 1. The molecular formula is C30H45N9O3. The van der Waals surface area contributed by atoms with Crippen molar-refractivity contribution in [1.82, 2.24) is 25.2 Å². The number of piperidine rings is 1. The van der Waals surface area contributed by atoms with Crippen molar-refractivity contribution >= 4 is 46.2 Å². The molecule has 2 amide bonds. The molecule has 0 spiro atoms. The molecule has 3 aromatic rings. The molecule has 0 bridgehead atoms. The van der Waals surface area contributed by atoms with Gasteiger partial charge in [-0.2, -0.15) is 0 Å². The van der Waals surface area contributed by atoms with Crippen molar-refractivity contribution in [2.75, 3.05) is 54.0 Å². The molecule has 1 aromatic carbocycles. The Morgan fingerprint density at radius 3 is 2.57 bits per heavy atom. The molecule has 0 radical (unpaired) electrons. The third kappa shape index (κ3) is 7.54. The maximum absolute atomic E-state index is 13.4. The molecule has 1 atom stereocenters. The van der Waals surface area contributed by atoms with E-state index in [4.69, 9.17) is 10.5 Å². The number of likely N-dealkylation sites (N-methyl/N-ethyl adjacent to an activating group) is 1. The number of ether oxygens (including phenoxy) is 1. The van der Waals surface area contributed by atoms with Crippen LogP contribution in [0.5, 0.6) is 0 Å². The van der Waals surface area contributed by atoms with Gasteiger partial charge >= 0.3 is 6.09 Å².